The Balaban J connectivity index is 2.06. The largest absolute Gasteiger partial charge is 0.462 e. The number of methoxy groups -OCH3 is 1. The molecule has 33 heavy (non-hydrogen) atoms. The van der Waals surface area contributed by atoms with Gasteiger partial charge < -0.3 is 18.5 Å². The summed E-state index contributed by atoms with van der Waals surface area (Å²) in [4.78, 5) is 37.6. The number of carbonyl (C=O) groups is 1. The number of aromatic amines is 1. The van der Waals surface area contributed by atoms with E-state index in [1.165, 1.54) is 16.8 Å². The van der Waals surface area contributed by atoms with Crippen LogP contribution in [-0.4, -0.2) is 47.5 Å². The fourth-order valence-corrected chi connectivity index (χ4v) is 4.22. The first kappa shape index (κ1) is 26.7. The number of para-hydroxylation sites is 1. The number of aromatic nitrogens is 2. The molecule has 0 saturated heterocycles. The predicted molar refractivity (Wildman–Crippen MR) is 125 cm³/mol. The van der Waals surface area contributed by atoms with Gasteiger partial charge in [-0.1, -0.05) is 18.2 Å². The summed E-state index contributed by atoms with van der Waals surface area (Å²) in [7, 11) is -0.152. The van der Waals surface area contributed by atoms with E-state index in [1.54, 1.807) is 33.1 Å². The number of hydrogen-bond acceptors (Lipinski definition) is 8. The van der Waals surface area contributed by atoms with Crippen LogP contribution in [0.15, 0.2) is 52.2 Å². The maximum Gasteiger partial charge on any atom is 0.328 e. The lowest BCUT2D eigenvalue weighted by molar-refractivity contribution is -0.145. The number of benzene rings is 1. The van der Waals surface area contributed by atoms with Crippen molar-refractivity contribution in [3.63, 3.8) is 0 Å². The molecule has 1 aromatic carbocycles. The number of H-pyrrole nitrogens is 1. The van der Waals surface area contributed by atoms with Crippen LogP contribution in [0.4, 0.5) is 0 Å². The Morgan fingerprint density at radius 1 is 1.12 bits per heavy atom. The van der Waals surface area contributed by atoms with Gasteiger partial charge in [-0.15, -0.1) is 0 Å². The van der Waals surface area contributed by atoms with Crippen molar-refractivity contribution in [2.24, 2.45) is 0 Å². The molecule has 11 heteroatoms. The van der Waals surface area contributed by atoms with Gasteiger partial charge in [-0.25, -0.2) is 9.88 Å². The van der Waals surface area contributed by atoms with E-state index in [4.69, 9.17) is 18.5 Å². The van der Waals surface area contributed by atoms with E-state index < -0.39 is 38.0 Å². The van der Waals surface area contributed by atoms with Crippen molar-refractivity contribution in [1.29, 1.82) is 0 Å². The van der Waals surface area contributed by atoms with Crippen LogP contribution >= 0.6 is 8.53 Å². The molecule has 0 saturated carbocycles. The molecule has 4 atom stereocenters. The molecule has 182 valence electrons. The monoisotopic (exact) mass is 481 g/mol. The fourth-order valence-electron chi connectivity index (χ4n) is 3.02. The Kier molecular flexibility index (Phi) is 10.7. The first-order valence-corrected chi connectivity index (χ1v) is 11.8. The molecule has 2 aromatic rings. The molecule has 0 aliphatic carbocycles. The van der Waals surface area contributed by atoms with Crippen LogP contribution in [0.3, 0.4) is 0 Å². The van der Waals surface area contributed by atoms with Crippen LogP contribution in [0.1, 0.15) is 40.2 Å². The third kappa shape index (κ3) is 9.09. The van der Waals surface area contributed by atoms with Gasteiger partial charge in [0.25, 0.3) is 5.56 Å². The van der Waals surface area contributed by atoms with E-state index in [0.29, 0.717) is 12.2 Å². The first-order chi connectivity index (χ1) is 15.7. The van der Waals surface area contributed by atoms with Crippen molar-refractivity contribution in [3.8, 4) is 5.75 Å². The van der Waals surface area contributed by atoms with Crippen molar-refractivity contribution in [2.45, 2.75) is 58.5 Å². The van der Waals surface area contributed by atoms with Gasteiger partial charge >= 0.3 is 20.2 Å². The molecule has 0 radical (unpaired) electrons. The van der Waals surface area contributed by atoms with E-state index in [1.807, 2.05) is 32.0 Å². The van der Waals surface area contributed by atoms with Gasteiger partial charge in [0.15, 0.2) is 0 Å². The number of nitrogens with zero attached hydrogens (tertiary/aromatic N) is 1. The van der Waals surface area contributed by atoms with Gasteiger partial charge in [-0.2, -0.15) is 0 Å². The fraction of sp³-hybridized carbons (Fsp3) is 0.500. The average Bonchev–Trinajstić information content (AvgIpc) is 2.75. The number of carbonyl (C=O) groups excluding carboxylic acids is 1. The number of rotatable bonds is 13. The molecule has 2 N–H and O–H groups in total. The van der Waals surface area contributed by atoms with Gasteiger partial charge in [-0.05, 0) is 46.2 Å². The molecule has 0 bridgehead atoms. The summed E-state index contributed by atoms with van der Waals surface area (Å²) in [6.45, 7) is 7.15. The molecule has 0 spiro atoms. The van der Waals surface area contributed by atoms with E-state index in [-0.39, 0.29) is 18.7 Å². The third-order valence-electron chi connectivity index (χ3n) is 4.64. The summed E-state index contributed by atoms with van der Waals surface area (Å²) in [5.41, 5.74) is -0.937. The van der Waals surface area contributed by atoms with Crippen LogP contribution in [0.25, 0.3) is 0 Å². The van der Waals surface area contributed by atoms with Gasteiger partial charge in [-0.3, -0.25) is 19.1 Å². The molecule has 2 rings (SSSR count). The molecule has 3 unspecified atom stereocenters. The molecule has 0 amide bonds. The van der Waals surface area contributed by atoms with Crippen molar-refractivity contribution in [1.82, 2.24) is 14.6 Å². The lowest BCUT2D eigenvalue weighted by Gasteiger charge is -2.29. The minimum atomic E-state index is -1.71. The Hall–Kier alpha value is -2.52. The van der Waals surface area contributed by atoms with Crippen molar-refractivity contribution in [2.75, 3.05) is 13.7 Å². The van der Waals surface area contributed by atoms with E-state index in [0.717, 1.165) is 0 Å². The van der Waals surface area contributed by atoms with E-state index >= 15 is 0 Å². The lowest BCUT2D eigenvalue weighted by atomic mass is 10.1. The van der Waals surface area contributed by atoms with Crippen molar-refractivity contribution >= 4 is 14.5 Å². The molecule has 1 aromatic heterocycles. The van der Waals surface area contributed by atoms with Crippen LogP contribution in [0, 0.1) is 0 Å². The standard InChI is InChI=1S/C22H32N3O7P/c1-15(2)30-21(27)14-23-33(32-18-9-7-6-8-10-18)31-17(4)19(29-5)13-16(3)25-12-11-20(26)24-22(25)28/h6-12,15-17,19,23H,13-14H2,1-5H3,(H,24,26,28)/t16-,17?,19?,33?/m0/s1. The highest BCUT2D eigenvalue weighted by molar-refractivity contribution is 7.45. The van der Waals surface area contributed by atoms with Gasteiger partial charge in [0.05, 0.1) is 18.3 Å². The smallest absolute Gasteiger partial charge is 0.328 e. The quantitative estimate of drug-likeness (QED) is 0.331. The molecule has 1 heterocycles. The van der Waals surface area contributed by atoms with Gasteiger partial charge in [0.1, 0.15) is 12.3 Å². The van der Waals surface area contributed by atoms with Crippen LogP contribution in [-0.2, 0) is 18.8 Å². The van der Waals surface area contributed by atoms with Crippen LogP contribution in [0.5, 0.6) is 5.75 Å². The number of hydrogen-bond donors (Lipinski definition) is 2. The van der Waals surface area contributed by atoms with Crippen LogP contribution < -0.4 is 20.9 Å². The molecule has 0 fully saturated rings. The predicted octanol–water partition coefficient (Wildman–Crippen LogP) is 2.75. The van der Waals surface area contributed by atoms with Crippen LogP contribution in [0.2, 0.25) is 0 Å². The number of ether oxygens (including phenoxy) is 2. The molecular weight excluding hydrogens is 449 g/mol. The highest BCUT2D eigenvalue weighted by Gasteiger charge is 2.27. The van der Waals surface area contributed by atoms with Crippen molar-refractivity contribution < 1.29 is 23.3 Å². The second-order valence-corrected chi connectivity index (χ2v) is 8.95. The van der Waals surface area contributed by atoms with Crippen molar-refractivity contribution in [3.05, 3.63) is 63.4 Å². The third-order valence-corrected chi connectivity index (χ3v) is 5.96. The minimum Gasteiger partial charge on any atom is -0.462 e. The molecule has 0 aliphatic rings. The summed E-state index contributed by atoms with van der Waals surface area (Å²) < 4.78 is 24.2. The summed E-state index contributed by atoms with van der Waals surface area (Å²) >= 11 is 0. The lowest BCUT2D eigenvalue weighted by Crippen LogP contribution is -2.35. The maximum absolute atomic E-state index is 12.1. The Morgan fingerprint density at radius 2 is 1.82 bits per heavy atom. The minimum absolute atomic E-state index is 0.0791. The summed E-state index contributed by atoms with van der Waals surface area (Å²) in [5.74, 6) is 0.169. The Labute approximate surface area is 194 Å². The van der Waals surface area contributed by atoms with E-state index in [9.17, 15) is 14.4 Å². The highest BCUT2D eigenvalue weighted by atomic mass is 31.2. The van der Waals surface area contributed by atoms with Gasteiger partial charge in [0, 0.05) is 25.4 Å². The Morgan fingerprint density at radius 3 is 2.42 bits per heavy atom. The number of esters is 1. The second-order valence-electron chi connectivity index (χ2n) is 7.72. The highest BCUT2D eigenvalue weighted by Crippen LogP contribution is 2.38. The number of nitrogens with one attached hydrogen (secondary N) is 2. The Bertz CT molecular complexity index is 980. The zero-order chi connectivity index (χ0) is 24.4. The second kappa shape index (κ2) is 13.3. The summed E-state index contributed by atoms with van der Waals surface area (Å²) in [5, 5.41) is 2.98. The normalized spacial score (nSPS) is 15.0. The maximum atomic E-state index is 12.1. The summed E-state index contributed by atoms with van der Waals surface area (Å²) in [6, 6.07) is 10.1. The topological polar surface area (TPSA) is 121 Å². The van der Waals surface area contributed by atoms with E-state index in [2.05, 4.69) is 10.1 Å². The zero-order valence-electron chi connectivity index (χ0n) is 19.5. The molecule has 10 nitrogen and oxygen atoms in total. The molecule has 0 aliphatic heterocycles. The van der Waals surface area contributed by atoms with Gasteiger partial charge in [0.2, 0.25) is 0 Å². The average molecular weight is 481 g/mol. The molecular formula is C22H32N3O7P. The first-order valence-electron chi connectivity index (χ1n) is 10.7. The zero-order valence-corrected chi connectivity index (χ0v) is 20.4. The summed E-state index contributed by atoms with van der Waals surface area (Å²) in [6.07, 6.45) is 0.827. The SMILES string of the molecule is COC(C[C@H](C)n1ccc(=O)[nH]c1=O)C(C)OP(NCC(=O)OC(C)C)Oc1ccccc1.